The van der Waals surface area contributed by atoms with E-state index in [-0.39, 0.29) is 0 Å². The molecule has 0 spiro atoms. The van der Waals surface area contributed by atoms with Crippen LogP contribution in [0.25, 0.3) is 16.7 Å². The predicted octanol–water partition coefficient (Wildman–Crippen LogP) is 1.87. The molecule has 0 atom stereocenters. The quantitative estimate of drug-likeness (QED) is 0.790. The van der Waals surface area contributed by atoms with Gasteiger partial charge in [0.05, 0.1) is 17.9 Å². The van der Waals surface area contributed by atoms with Gasteiger partial charge < -0.3 is 5.73 Å². The lowest BCUT2D eigenvalue weighted by Gasteiger charge is -2.10. The largest absolute Gasteiger partial charge is 0.366 e. The third-order valence-corrected chi connectivity index (χ3v) is 3.32. The first kappa shape index (κ1) is 13.2. The summed E-state index contributed by atoms with van der Waals surface area (Å²) in [5.74, 6) is 0.280. The summed E-state index contributed by atoms with van der Waals surface area (Å²) in [7, 11) is 0. The number of primary amides is 1. The average molecular weight is 281 g/mol. The summed E-state index contributed by atoms with van der Waals surface area (Å²) in [5.41, 5.74) is 7.59. The molecular formula is C15H15N5O. The maximum absolute atomic E-state index is 11.3. The molecule has 6 heteroatoms. The van der Waals surface area contributed by atoms with Crippen LogP contribution in [0.2, 0.25) is 0 Å². The molecule has 6 nitrogen and oxygen atoms in total. The first-order chi connectivity index (χ1) is 10.2. The molecule has 0 saturated carbocycles. The normalized spacial score (nSPS) is 10.9. The maximum atomic E-state index is 11.3. The molecule has 0 aliphatic carbocycles. The highest BCUT2D eigenvalue weighted by Gasteiger charge is 2.10. The van der Waals surface area contributed by atoms with Crippen molar-refractivity contribution < 1.29 is 4.79 Å². The number of pyridine rings is 1. The zero-order chi connectivity index (χ0) is 14.8. The van der Waals surface area contributed by atoms with Crippen LogP contribution in [-0.2, 0) is 6.42 Å². The van der Waals surface area contributed by atoms with Gasteiger partial charge in [-0.3, -0.25) is 4.79 Å². The lowest BCUT2D eigenvalue weighted by molar-refractivity contribution is 0.100. The van der Waals surface area contributed by atoms with E-state index in [1.54, 1.807) is 29.2 Å². The smallest absolute Gasteiger partial charge is 0.248 e. The van der Waals surface area contributed by atoms with Crippen LogP contribution in [0.5, 0.6) is 0 Å². The number of benzene rings is 1. The van der Waals surface area contributed by atoms with Crippen molar-refractivity contribution in [1.29, 1.82) is 0 Å². The van der Waals surface area contributed by atoms with Gasteiger partial charge in [-0.15, -0.1) is 5.10 Å². The van der Waals surface area contributed by atoms with Gasteiger partial charge in [-0.1, -0.05) is 24.6 Å². The van der Waals surface area contributed by atoms with E-state index in [4.69, 9.17) is 5.73 Å². The van der Waals surface area contributed by atoms with Crippen molar-refractivity contribution in [2.75, 3.05) is 0 Å². The van der Waals surface area contributed by atoms with Crippen LogP contribution in [0.4, 0.5) is 0 Å². The molecule has 2 heterocycles. The average Bonchev–Trinajstić information content (AvgIpc) is 3.00. The van der Waals surface area contributed by atoms with Gasteiger partial charge in [0.2, 0.25) is 5.91 Å². The first-order valence-electron chi connectivity index (χ1n) is 6.79. The summed E-state index contributed by atoms with van der Waals surface area (Å²) >= 11 is 0. The van der Waals surface area contributed by atoms with Crippen molar-refractivity contribution in [2.45, 2.75) is 19.8 Å². The molecule has 0 fully saturated rings. The minimum atomic E-state index is -0.460. The van der Waals surface area contributed by atoms with E-state index in [9.17, 15) is 4.79 Å². The fourth-order valence-electron chi connectivity index (χ4n) is 2.33. The molecule has 0 aliphatic heterocycles. The number of hydrogen-bond donors (Lipinski definition) is 1. The Morgan fingerprint density at radius 2 is 2.19 bits per heavy atom. The summed E-state index contributed by atoms with van der Waals surface area (Å²) in [6.45, 7) is 2.12. The van der Waals surface area contributed by atoms with Crippen LogP contribution >= 0.6 is 0 Å². The molecule has 3 rings (SSSR count). The number of carbonyl (C=O) groups is 1. The first-order valence-corrected chi connectivity index (χ1v) is 6.79. The summed E-state index contributed by atoms with van der Waals surface area (Å²) in [6, 6.07) is 7.37. The Morgan fingerprint density at radius 3 is 2.86 bits per heavy atom. The Labute approximate surface area is 121 Å². The van der Waals surface area contributed by atoms with Gasteiger partial charge >= 0.3 is 0 Å². The Balaban J connectivity index is 2.23. The zero-order valence-electron chi connectivity index (χ0n) is 11.7. The number of amides is 1. The van der Waals surface area contributed by atoms with Crippen molar-refractivity contribution in [1.82, 2.24) is 20.0 Å². The Bertz CT molecular complexity index is 795. The van der Waals surface area contributed by atoms with E-state index in [1.165, 1.54) is 0 Å². The molecule has 2 aromatic heterocycles. The Morgan fingerprint density at radius 1 is 1.33 bits per heavy atom. The number of hydrogen-bond acceptors (Lipinski definition) is 4. The summed E-state index contributed by atoms with van der Waals surface area (Å²) in [5, 5.41) is 8.81. The molecule has 21 heavy (non-hydrogen) atoms. The van der Waals surface area contributed by atoms with Gasteiger partial charge in [-0.2, -0.15) is 0 Å². The lowest BCUT2D eigenvalue weighted by atomic mass is 10.1. The third kappa shape index (κ3) is 2.47. The minimum absolute atomic E-state index is 0.447. The van der Waals surface area contributed by atoms with E-state index < -0.39 is 5.91 Å². The van der Waals surface area contributed by atoms with Gasteiger partial charge in [0, 0.05) is 10.9 Å². The monoisotopic (exact) mass is 281 g/mol. The number of aryl methyl sites for hydroxylation is 1. The molecule has 0 aliphatic rings. The SMILES string of the molecule is CCCc1cc2ccc(C(N)=O)cc2nc1-n1ccnn1. The second-order valence-corrected chi connectivity index (χ2v) is 4.84. The van der Waals surface area contributed by atoms with Gasteiger partial charge in [-0.05, 0) is 30.2 Å². The molecule has 1 aromatic carbocycles. The highest BCUT2D eigenvalue weighted by atomic mass is 16.1. The van der Waals surface area contributed by atoms with E-state index in [0.29, 0.717) is 5.56 Å². The number of nitrogens with two attached hydrogens (primary N) is 1. The van der Waals surface area contributed by atoms with Crippen LogP contribution in [0, 0.1) is 0 Å². The van der Waals surface area contributed by atoms with Crippen LogP contribution < -0.4 is 5.73 Å². The van der Waals surface area contributed by atoms with Crippen LogP contribution in [-0.4, -0.2) is 25.9 Å². The van der Waals surface area contributed by atoms with Crippen molar-refractivity contribution in [3.8, 4) is 5.82 Å². The number of nitrogens with zero attached hydrogens (tertiary/aromatic N) is 4. The van der Waals surface area contributed by atoms with Crippen LogP contribution in [0.15, 0.2) is 36.7 Å². The summed E-state index contributed by atoms with van der Waals surface area (Å²) < 4.78 is 1.64. The number of fused-ring (bicyclic) bond motifs is 1. The number of rotatable bonds is 4. The molecule has 2 N–H and O–H groups in total. The maximum Gasteiger partial charge on any atom is 0.248 e. The molecule has 0 saturated heterocycles. The Kier molecular flexibility index (Phi) is 3.35. The number of carbonyl (C=O) groups excluding carboxylic acids is 1. The van der Waals surface area contributed by atoms with E-state index in [0.717, 1.165) is 35.1 Å². The number of aromatic nitrogens is 4. The van der Waals surface area contributed by atoms with Crippen molar-refractivity contribution in [2.24, 2.45) is 5.73 Å². The Hall–Kier alpha value is -2.76. The standard InChI is InChI=1S/C15H15N5O/c1-2-3-12-8-10-4-5-11(14(16)21)9-13(10)18-15(12)20-7-6-17-19-20/h4-9H,2-3H2,1H3,(H2,16,21). The van der Waals surface area contributed by atoms with Crippen molar-refractivity contribution in [3.63, 3.8) is 0 Å². The van der Waals surface area contributed by atoms with Crippen LogP contribution in [0.1, 0.15) is 29.3 Å². The predicted molar refractivity (Wildman–Crippen MR) is 79.2 cm³/mol. The highest BCUT2D eigenvalue weighted by molar-refractivity contribution is 5.96. The molecule has 0 unspecified atom stereocenters. The molecule has 0 radical (unpaired) electrons. The highest BCUT2D eigenvalue weighted by Crippen LogP contribution is 2.21. The third-order valence-electron chi connectivity index (χ3n) is 3.32. The fraction of sp³-hybridized carbons (Fsp3) is 0.200. The van der Waals surface area contributed by atoms with Crippen LogP contribution in [0.3, 0.4) is 0 Å². The van der Waals surface area contributed by atoms with Crippen molar-refractivity contribution >= 4 is 16.8 Å². The van der Waals surface area contributed by atoms with Crippen molar-refractivity contribution in [3.05, 3.63) is 47.8 Å². The molecule has 106 valence electrons. The van der Waals surface area contributed by atoms with E-state index in [1.807, 2.05) is 6.07 Å². The minimum Gasteiger partial charge on any atom is -0.366 e. The second-order valence-electron chi connectivity index (χ2n) is 4.84. The van der Waals surface area contributed by atoms with Gasteiger partial charge in [-0.25, -0.2) is 9.67 Å². The zero-order valence-corrected chi connectivity index (χ0v) is 11.7. The topological polar surface area (TPSA) is 86.7 Å². The summed E-state index contributed by atoms with van der Waals surface area (Å²) in [4.78, 5) is 15.9. The molecule has 3 aromatic rings. The van der Waals surface area contributed by atoms with E-state index >= 15 is 0 Å². The van der Waals surface area contributed by atoms with Gasteiger partial charge in [0.15, 0.2) is 5.82 Å². The van der Waals surface area contributed by atoms with E-state index in [2.05, 4.69) is 28.3 Å². The lowest BCUT2D eigenvalue weighted by Crippen LogP contribution is -2.11. The summed E-state index contributed by atoms with van der Waals surface area (Å²) in [6.07, 6.45) is 5.27. The molecular weight excluding hydrogens is 266 g/mol. The molecule has 0 bridgehead atoms. The van der Waals surface area contributed by atoms with Gasteiger partial charge in [0.1, 0.15) is 0 Å². The van der Waals surface area contributed by atoms with Gasteiger partial charge in [0.25, 0.3) is 0 Å². The fourth-order valence-corrected chi connectivity index (χ4v) is 2.33. The molecule has 1 amide bonds. The second kappa shape index (κ2) is 5.32.